The number of nitrogens with zero attached hydrogens (tertiary/aromatic N) is 2. The van der Waals surface area contributed by atoms with Gasteiger partial charge in [0, 0.05) is 24.1 Å². The van der Waals surface area contributed by atoms with Crippen LogP contribution in [0.5, 0.6) is 11.5 Å². The standard InChI is InChI=1S/C18H28N2O3.ClH/c1-18(2,3)17(21)20-11-13(19(4)5)8-12-9-15(22-6)16(23-7)10-14(12)20;/h9-10,13H,8,11H2,1-7H3;1H. The Labute approximate surface area is 151 Å². The smallest absolute Gasteiger partial charge is 0.232 e. The second-order valence-corrected chi connectivity index (χ2v) is 7.32. The topological polar surface area (TPSA) is 42.0 Å². The molecule has 0 aromatic heterocycles. The van der Waals surface area contributed by atoms with Gasteiger partial charge in [-0.1, -0.05) is 20.8 Å². The van der Waals surface area contributed by atoms with Crippen molar-refractivity contribution in [3.05, 3.63) is 17.7 Å². The monoisotopic (exact) mass is 356 g/mol. The predicted octanol–water partition coefficient (Wildman–Crippen LogP) is 2.99. The van der Waals surface area contributed by atoms with Crippen molar-refractivity contribution in [1.29, 1.82) is 0 Å². The average molecular weight is 357 g/mol. The van der Waals surface area contributed by atoms with Crippen molar-refractivity contribution in [3.63, 3.8) is 0 Å². The fourth-order valence-electron chi connectivity index (χ4n) is 2.90. The number of methoxy groups -OCH3 is 2. The molecule has 136 valence electrons. The van der Waals surface area contributed by atoms with Crippen molar-refractivity contribution >= 4 is 24.0 Å². The lowest BCUT2D eigenvalue weighted by atomic mass is 9.90. The molecule has 2 rings (SSSR count). The number of carbonyl (C=O) groups is 1. The van der Waals surface area contributed by atoms with Gasteiger partial charge in [0.15, 0.2) is 11.5 Å². The molecule has 0 fully saturated rings. The van der Waals surface area contributed by atoms with Crippen LogP contribution in [-0.4, -0.2) is 51.7 Å². The highest BCUT2D eigenvalue weighted by molar-refractivity contribution is 5.98. The van der Waals surface area contributed by atoms with E-state index in [9.17, 15) is 4.79 Å². The number of hydrogen-bond donors (Lipinski definition) is 0. The van der Waals surface area contributed by atoms with Crippen molar-refractivity contribution in [3.8, 4) is 11.5 Å². The van der Waals surface area contributed by atoms with E-state index in [2.05, 4.69) is 19.0 Å². The van der Waals surface area contributed by atoms with Gasteiger partial charge in [-0.25, -0.2) is 0 Å². The quantitative estimate of drug-likeness (QED) is 0.835. The zero-order chi connectivity index (χ0) is 17.4. The van der Waals surface area contributed by atoms with Gasteiger partial charge in [-0.2, -0.15) is 0 Å². The zero-order valence-corrected chi connectivity index (χ0v) is 16.5. The minimum Gasteiger partial charge on any atom is -0.493 e. The van der Waals surface area contributed by atoms with E-state index < -0.39 is 5.41 Å². The number of halogens is 1. The summed E-state index contributed by atoms with van der Waals surface area (Å²) in [5.74, 6) is 1.48. The van der Waals surface area contributed by atoms with Crippen LogP contribution in [0.4, 0.5) is 5.69 Å². The Kier molecular flexibility index (Phi) is 6.53. The summed E-state index contributed by atoms with van der Waals surface area (Å²) >= 11 is 0. The fourth-order valence-corrected chi connectivity index (χ4v) is 2.90. The minimum absolute atomic E-state index is 0. The molecule has 0 saturated carbocycles. The largest absolute Gasteiger partial charge is 0.493 e. The number of amides is 1. The second kappa shape index (κ2) is 7.62. The molecule has 24 heavy (non-hydrogen) atoms. The maximum atomic E-state index is 12.9. The van der Waals surface area contributed by atoms with Gasteiger partial charge in [0.1, 0.15) is 0 Å². The average Bonchev–Trinajstić information content (AvgIpc) is 2.50. The first-order valence-electron chi connectivity index (χ1n) is 7.92. The van der Waals surface area contributed by atoms with Crippen molar-refractivity contribution < 1.29 is 14.3 Å². The highest BCUT2D eigenvalue weighted by Crippen LogP contribution is 2.39. The summed E-state index contributed by atoms with van der Waals surface area (Å²) in [5, 5.41) is 0. The van der Waals surface area contributed by atoms with Crippen LogP contribution in [0, 0.1) is 5.41 Å². The number of hydrogen-bond acceptors (Lipinski definition) is 4. The molecular formula is C18H29ClN2O3. The van der Waals surface area contributed by atoms with Crippen molar-refractivity contribution in [2.45, 2.75) is 33.2 Å². The van der Waals surface area contributed by atoms with Gasteiger partial charge in [0.25, 0.3) is 0 Å². The molecule has 0 saturated heterocycles. The van der Waals surface area contributed by atoms with Crippen molar-refractivity contribution in [2.24, 2.45) is 5.41 Å². The second-order valence-electron chi connectivity index (χ2n) is 7.32. The predicted molar refractivity (Wildman–Crippen MR) is 99.8 cm³/mol. The Morgan fingerprint density at radius 2 is 1.71 bits per heavy atom. The van der Waals surface area contributed by atoms with E-state index >= 15 is 0 Å². The number of carbonyl (C=O) groups excluding carboxylic acids is 1. The van der Waals surface area contributed by atoms with Crippen molar-refractivity contribution in [2.75, 3.05) is 39.8 Å². The molecule has 0 N–H and O–H groups in total. The molecule has 1 aliphatic rings. The van der Waals surface area contributed by atoms with Crippen LogP contribution in [0.3, 0.4) is 0 Å². The van der Waals surface area contributed by atoms with Crippen LogP contribution in [-0.2, 0) is 11.2 Å². The number of rotatable bonds is 3. The van der Waals surface area contributed by atoms with Gasteiger partial charge in [0.2, 0.25) is 5.91 Å². The lowest BCUT2D eigenvalue weighted by Gasteiger charge is -2.40. The van der Waals surface area contributed by atoms with E-state index in [1.165, 1.54) is 0 Å². The Hall–Kier alpha value is -1.46. The summed E-state index contributed by atoms with van der Waals surface area (Å²) in [5.41, 5.74) is 1.62. The molecule has 1 heterocycles. The summed E-state index contributed by atoms with van der Waals surface area (Å²) in [6, 6.07) is 4.20. The van der Waals surface area contributed by atoms with E-state index in [1.54, 1.807) is 14.2 Å². The molecule has 1 aliphatic heterocycles. The molecule has 1 aromatic carbocycles. The van der Waals surface area contributed by atoms with Crippen LogP contribution >= 0.6 is 12.4 Å². The summed E-state index contributed by atoms with van der Waals surface area (Å²) in [6.07, 6.45) is 0.886. The number of fused-ring (bicyclic) bond motifs is 1. The molecule has 5 nitrogen and oxygen atoms in total. The van der Waals surface area contributed by atoms with E-state index in [0.717, 1.165) is 17.7 Å². The molecule has 1 atom stereocenters. The number of benzene rings is 1. The molecule has 6 heteroatoms. The summed E-state index contributed by atoms with van der Waals surface area (Å²) in [6.45, 7) is 6.55. The molecular weight excluding hydrogens is 328 g/mol. The summed E-state index contributed by atoms with van der Waals surface area (Å²) in [7, 11) is 7.35. The Morgan fingerprint density at radius 1 is 1.17 bits per heavy atom. The molecule has 0 radical (unpaired) electrons. The molecule has 0 bridgehead atoms. The van der Waals surface area contributed by atoms with Crippen LogP contribution in [0.25, 0.3) is 0 Å². The fraction of sp³-hybridized carbons (Fsp3) is 0.611. The number of ether oxygens (including phenoxy) is 2. The third-order valence-electron chi connectivity index (χ3n) is 4.34. The molecule has 1 amide bonds. The van der Waals surface area contributed by atoms with Crippen molar-refractivity contribution in [1.82, 2.24) is 4.90 Å². The Bertz CT molecular complexity index is 597. The first kappa shape index (κ1) is 20.6. The minimum atomic E-state index is -0.432. The lowest BCUT2D eigenvalue weighted by Crippen LogP contribution is -2.51. The Morgan fingerprint density at radius 3 is 2.17 bits per heavy atom. The molecule has 0 spiro atoms. The highest BCUT2D eigenvalue weighted by Gasteiger charge is 2.35. The maximum Gasteiger partial charge on any atom is 0.232 e. The highest BCUT2D eigenvalue weighted by atomic mass is 35.5. The van der Waals surface area contributed by atoms with E-state index in [1.807, 2.05) is 37.8 Å². The van der Waals surface area contributed by atoms with Gasteiger partial charge in [-0.05, 0) is 32.1 Å². The number of anilines is 1. The number of likely N-dealkylation sites (N-methyl/N-ethyl adjacent to an activating group) is 1. The third-order valence-corrected chi connectivity index (χ3v) is 4.34. The third kappa shape index (κ3) is 3.95. The van der Waals surface area contributed by atoms with E-state index in [0.29, 0.717) is 18.0 Å². The normalized spacial score (nSPS) is 17.2. The van der Waals surface area contributed by atoms with Gasteiger partial charge in [0.05, 0.1) is 19.9 Å². The first-order chi connectivity index (χ1) is 10.7. The van der Waals surface area contributed by atoms with E-state index in [4.69, 9.17) is 9.47 Å². The molecule has 0 aliphatic carbocycles. The van der Waals surface area contributed by atoms with Gasteiger partial charge in [-0.3, -0.25) is 4.79 Å². The molecule has 1 unspecified atom stereocenters. The van der Waals surface area contributed by atoms with Gasteiger partial charge < -0.3 is 19.3 Å². The van der Waals surface area contributed by atoms with Crippen LogP contribution in [0.2, 0.25) is 0 Å². The summed E-state index contributed by atoms with van der Waals surface area (Å²) in [4.78, 5) is 17.0. The van der Waals surface area contributed by atoms with Gasteiger partial charge in [-0.15, -0.1) is 12.4 Å². The first-order valence-corrected chi connectivity index (χ1v) is 7.92. The van der Waals surface area contributed by atoms with Crippen LogP contribution in [0.15, 0.2) is 12.1 Å². The maximum absolute atomic E-state index is 12.9. The zero-order valence-electron chi connectivity index (χ0n) is 15.7. The lowest BCUT2D eigenvalue weighted by molar-refractivity contribution is -0.126. The summed E-state index contributed by atoms with van der Waals surface area (Å²) < 4.78 is 10.8. The Balaban J connectivity index is 0.00000288. The van der Waals surface area contributed by atoms with Crippen LogP contribution in [0.1, 0.15) is 26.3 Å². The van der Waals surface area contributed by atoms with Gasteiger partial charge >= 0.3 is 0 Å². The van der Waals surface area contributed by atoms with Crippen LogP contribution < -0.4 is 14.4 Å². The molecule has 1 aromatic rings. The SMILES string of the molecule is COc1cc2c(cc1OC)N(C(=O)C(C)(C)C)CC(N(C)C)C2.Cl. The van der Waals surface area contributed by atoms with E-state index in [-0.39, 0.29) is 24.4 Å².